The second-order valence-electron chi connectivity index (χ2n) is 6.78. The van der Waals surface area contributed by atoms with E-state index in [1.54, 1.807) is 18.3 Å². The lowest BCUT2D eigenvalue weighted by molar-refractivity contribution is -0.131. The van der Waals surface area contributed by atoms with Gasteiger partial charge in [0.25, 0.3) is 0 Å². The third-order valence-electron chi connectivity index (χ3n) is 4.86. The number of piperazine rings is 1. The molecule has 1 fully saturated rings. The first-order valence-electron chi connectivity index (χ1n) is 9.58. The average molecular weight is 412 g/mol. The van der Waals surface area contributed by atoms with Gasteiger partial charge in [-0.2, -0.15) is 0 Å². The number of nitrogens with zero attached hydrogens (tertiary/aromatic N) is 4. The van der Waals surface area contributed by atoms with Crippen molar-refractivity contribution in [3.8, 4) is 11.3 Å². The van der Waals surface area contributed by atoms with Gasteiger partial charge in [-0.3, -0.25) is 4.79 Å². The summed E-state index contributed by atoms with van der Waals surface area (Å²) < 4.78 is 13.0. The summed E-state index contributed by atoms with van der Waals surface area (Å²) in [6.45, 7) is 3.55. The van der Waals surface area contributed by atoms with E-state index in [-0.39, 0.29) is 11.7 Å². The lowest BCUT2D eigenvalue weighted by Gasteiger charge is -2.35. The van der Waals surface area contributed by atoms with Crippen LogP contribution in [-0.2, 0) is 4.79 Å². The molecule has 0 spiro atoms. The number of pyridine rings is 1. The van der Waals surface area contributed by atoms with Gasteiger partial charge >= 0.3 is 0 Å². The van der Waals surface area contributed by atoms with Gasteiger partial charge < -0.3 is 15.1 Å². The van der Waals surface area contributed by atoms with Crippen LogP contribution in [0.4, 0.5) is 15.3 Å². The summed E-state index contributed by atoms with van der Waals surface area (Å²) in [4.78, 5) is 25.5. The smallest absolute Gasteiger partial charge is 0.224 e. The van der Waals surface area contributed by atoms with Gasteiger partial charge in [0.1, 0.15) is 11.6 Å². The van der Waals surface area contributed by atoms with Crippen LogP contribution in [0, 0.1) is 5.82 Å². The molecule has 0 atom stereocenters. The molecule has 3 heterocycles. The zero-order valence-corrected chi connectivity index (χ0v) is 16.7. The number of carbonyl (C=O) groups is 1. The minimum absolute atomic E-state index is 0.147. The molecule has 0 unspecified atom stereocenters. The standard InChI is InChI=1S/C21H22FN5OS/c22-17-6-4-16(5-7-17)18-15-29-21(25-18)24-10-8-20(28)27-13-11-26(12-14-27)19-3-1-2-9-23-19/h1-7,9,15H,8,10-14H2,(H,24,25). The number of hydrogen-bond donors (Lipinski definition) is 1. The Bertz CT molecular complexity index is 939. The van der Waals surface area contributed by atoms with Crippen LogP contribution in [0.3, 0.4) is 0 Å². The van der Waals surface area contributed by atoms with Crippen LogP contribution in [0.25, 0.3) is 11.3 Å². The van der Waals surface area contributed by atoms with E-state index in [2.05, 4.69) is 20.2 Å². The molecule has 1 aliphatic heterocycles. The Morgan fingerprint density at radius 2 is 1.90 bits per heavy atom. The van der Waals surface area contributed by atoms with Crippen molar-refractivity contribution in [1.82, 2.24) is 14.9 Å². The highest BCUT2D eigenvalue weighted by Crippen LogP contribution is 2.25. The molecule has 1 amide bonds. The van der Waals surface area contributed by atoms with Gasteiger partial charge in [0.2, 0.25) is 5.91 Å². The fourth-order valence-corrected chi connectivity index (χ4v) is 4.02. The van der Waals surface area contributed by atoms with Crippen LogP contribution in [0.5, 0.6) is 0 Å². The third-order valence-corrected chi connectivity index (χ3v) is 5.66. The number of benzene rings is 1. The molecular formula is C21H22FN5OS. The molecular weight excluding hydrogens is 389 g/mol. The molecule has 0 bridgehead atoms. The molecule has 0 saturated carbocycles. The second-order valence-corrected chi connectivity index (χ2v) is 7.64. The van der Waals surface area contributed by atoms with E-state index in [0.717, 1.165) is 35.3 Å². The van der Waals surface area contributed by atoms with E-state index in [1.165, 1.54) is 23.5 Å². The predicted octanol–water partition coefficient (Wildman–Crippen LogP) is 3.50. The van der Waals surface area contributed by atoms with Gasteiger partial charge in [-0.05, 0) is 36.4 Å². The first kappa shape index (κ1) is 19.3. The van der Waals surface area contributed by atoms with Gasteiger partial charge in [0, 0.05) is 56.3 Å². The molecule has 1 saturated heterocycles. The summed E-state index contributed by atoms with van der Waals surface area (Å²) in [6.07, 6.45) is 2.22. The summed E-state index contributed by atoms with van der Waals surface area (Å²) in [6, 6.07) is 12.1. The highest BCUT2D eigenvalue weighted by molar-refractivity contribution is 7.14. The Labute approximate surface area is 173 Å². The summed E-state index contributed by atoms with van der Waals surface area (Å²) >= 11 is 1.48. The van der Waals surface area contributed by atoms with Crippen molar-refractivity contribution in [2.45, 2.75) is 6.42 Å². The Morgan fingerprint density at radius 1 is 1.10 bits per heavy atom. The topological polar surface area (TPSA) is 61.4 Å². The zero-order chi connectivity index (χ0) is 20.1. The Kier molecular flexibility index (Phi) is 6.00. The number of carbonyl (C=O) groups excluding carboxylic acids is 1. The van der Waals surface area contributed by atoms with Crippen molar-refractivity contribution in [3.63, 3.8) is 0 Å². The molecule has 0 aliphatic carbocycles. The van der Waals surface area contributed by atoms with E-state index in [1.807, 2.05) is 28.5 Å². The van der Waals surface area contributed by atoms with E-state index in [9.17, 15) is 9.18 Å². The number of aromatic nitrogens is 2. The minimum atomic E-state index is -0.262. The van der Waals surface area contributed by atoms with Gasteiger partial charge in [-0.1, -0.05) is 6.07 Å². The number of anilines is 2. The molecule has 4 rings (SSSR count). The van der Waals surface area contributed by atoms with Crippen molar-refractivity contribution < 1.29 is 9.18 Å². The first-order valence-corrected chi connectivity index (χ1v) is 10.5. The molecule has 150 valence electrons. The van der Waals surface area contributed by atoms with E-state index in [0.29, 0.717) is 26.1 Å². The molecule has 2 aromatic heterocycles. The Morgan fingerprint density at radius 3 is 2.62 bits per heavy atom. The summed E-state index contributed by atoms with van der Waals surface area (Å²) in [7, 11) is 0. The van der Waals surface area contributed by atoms with Gasteiger partial charge in [-0.15, -0.1) is 11.3 Å². The number of nitrogens with one attached hydrogen (secondary N) is 1. The fourth-order valence-electron chi connectivity index (χ4n) is 3.27. The predicted molar refractivity (Wildman–Crippen MR) is 114 cm³/mol. The largest absolute Gasteiger partial charge is 0.361 e. The van der Waals surface area contributed by atoms with Crippen molar-refractivity contribution >= 4 is 28.2 Å². The maximum atomic E-state index is 13.0. The van der Waals surface area contributed by atoms with Crippen LogP contribution in [-0.4, -0.2) is 53.5 Å². The monoisotopic (exact) mass is 411 g/mol. The fraction of sp³-hybridized carbons (Fsp3) is 0.286. The van der Waals surface area contributed by atoms with Crippen LogP contribution >= 0.6 is 11.3 Å². The average Bonchev–Trinajstić information content (AvgIpc) is 3.24. The lowest BCUT2D eigenvalue weighted by atomic mass is 10.2. The van der Waals surface area contributed by atoms with Gasteiger partial charge in [0.15, 0.2) is 5.13 Å². The Balaban J connectivity index is 1.22. The van der Waals surface area contributed by atoms with E-state index >= 15 is 0 Å². The maximum absolute atomic E-state index is 13.0. The van der Waals surface area contributed by atoms with Gasteiger partial charge in [-0.25, -0.2) is 14.4 Å². The number of hydrogen-bond acceptors (Lipinski definition) is 6. The molecule has 1 aliphatic rings. The first-order chi connectivity index (χ1) is 14.2. The van der Waals surface area contributed by atoms with Crippen molar-refractivity contribution in [2.75, 3.05) is 42.9 Å². The van der Waals surface area contributed by atoms with Crippen LogP contribution in [0.1, 0.15) is 6.42 Å². The zero-order valence-electron chi connectivity index (χ0n) is 15.9. The normalized spacial score (nSPS) is 14.1. The quantitative estimate of drug-likeness (QED) is 0.673. The molecule has 3 aromatic rings. The number of amides is 1. The van der Waals surface area contributed by atoms with E-state index < -0.39 is 0 Å². The van der Waals surface area contributed by atoms with Crippen molar-refractivity contribution in [3.05, 3.63) is 59.9 Å². The SMILES string of the molecule is O=C(CCNc1nc(-c2ccc(F)cc2)cs1)N1CCN(c2ccccn2)CC1. The highest BCUT2D eigenvalue weighted by Gasteiger charge is 2.21. The molecule has 8 heteroatoms. The van der Waals surface area contributed by atoms with Crippen LogP contribution in [0.2, 0.25) is 0 Å². The summed E-state index contributed by atoms with van der Waals surface area (Å²) in [5.41, 5.74) is 1.67. The molecule has 1 N–H and O–H groups in total. The van der Waals surface area contributed by atoms with Crippen LogP contribution < -0.4 is 10.2 Å². The van der Waals surface area contributed by atoms with E-state index in [4.69, 9.17) is 0 Å². The van der Waals surface area contributed by atoms with Gasteiger partial charge in [0.05, 0.1) is 5.69 Å². The summed E-state index contributed by atoms with van der Waals surface area (Å²) in [5.74, 6) is 0.845. The summed E-state index contributed by atoms with van der Waals surface area (Å²) in [5, 5.41) is 5.90. The Hall–Kier alpha value is -3.00. The molecule has 29 heavy (non-hydrogen) atoms. The highest BCUT2D eigenvalue weighted by atomic mass is 32.1. The molecule has 6 nitrogen and oxygen atoms in total. The minimum Gasteiger partial charge on any atom is -0.361 e. The van der Waals surface area contributed by atoms with Crippen LogP contribution in [0.15, 0.2) is 54.0 Å². The molecule has 1 aromatic carbocycles. The number of thiazole rings is 1. The number of rotatable bonds is 6. The van der Waals surface area contributed by atoms with Crippen molar-refractivity contribution in [1.29, 1.82) is 0 Å². The van der Waals surface area contributed by atoms with Crippen molar-refractivity contribution in [2.24, 2.45) is 0 Å². The third kappa shape index (κ3) is 4.89. The molecule has 0 radical (unpaired) electrons. The number of halogens is 1. The lowest BCUT2D eigenvalue weighted by Crippen LogP contribution is -2.49. The maximum Gasteiger partial charge on any atom is 0.224 e. The second kappa shape index (κ2) is 9.00.